The topological polar surface area (TPSA) is 36.9 Å². The molecule has 5 rings (SSSR count). The van der Waals surface area contributed by atoms with Gasteiger partial charge >= 0.3 is 0 Å². The van der Waals surface area contributed by atoms with Crippen molar-refractivity contribution >= 4 is 34.4 Å². The first kappa shape index (κ1) is 21.7. The molecule has 4 aromatic carbocycles. The summed E-state index contributed by atoms with van der Waals surface area (Å²) < 4.78 is 23.3. The third-order valence-electron chi connectivity index (χ3n) is 5.89. The van der Waals surface area contributed by atoms with Crippen LogP contribution in [0.5, 0.6) is 17.2 Å². The Morgan fingerprint density at radius 1 is 0.824 bits per heavy atom. The minimum absolute atomic E-state index is 0.630. The van der Waals surface area contributed by atoms with Crippen molar-refractivity contribution in [3.05, 3.63) is 101 Å². The van der Waals surface area contributed by atoms with Crippen LogP contribution in [0.1, 0.15) is 29.2 Å². The Labute approximate surface area is 199 Å². The van der Waals surface area contributed by atoms with Crippen LogP contribution in [-0.2, 0) is 4.74 Å². The van der Waals surface area contributed by atoms with Crippen LogP contribution in [0.25, 0.3) is 34.4 Å². The number of ether oxygens (including phenoxy) is 4. The predicted octanol–water partition coefficient (Wildman–Crippen LogP) is 7.28. The molecule has 0 bridgehead atoms. The summed E-state index contributed by atoms with van der Waals surface area (Å²) >= 11 is 0. The molecule has 1 heterocycles. The highest BCUT2D eigenvalue weighted by molar-refractivity contribution is 5.98. The molecule has 0 saturated carbocycles. The Balaban J connectivity index is 1.66. The van der Waals surface area contributed by atoms with E-state index in [1.54, 1.807) is 14.2 Å². The molecule has 1 aliphatic heterocycles. The normalized spacial score (nSPS) is 13.7. The van der Waals surface area contributed by atoms with Gasteiger partial charge in [-0.15, -0.1) is 0 Å². The highest BCUT2D eigenvalue weighted by Crippen LogP contribution is 2.42. The molecular weight excluding hydrogens is 424 g/mol. The van der Waals surface area contributed by atoms with Gasteiger partial charge in [-0.1, -0.05) is 42.5 Å². The molecule has 4 aromatic rings. The van der Waals surface area contributed by atoms with Crippen LogP contribution in [0.15, 0.2) is 78.9 Å². The predicted molar refractivity (Wildman–Crippen MR) is 138 cm³/mol. The van der Waals surface area contributed by atoms with Gasteiger partial charge in [-0.3, -0.25) is 0 Å². The number of hydrogen-bond donors (Lipinski definition) is 0. The second-order valence-electron chi connectivity index (χ2n) is 7.94. The van der Waals surface area contributed by atoms with Crippen LogP contribution in [-0.4, -0.2) is 20.8 Å². The molecule has 170 valence electrons. The summed E-state index contributed by atoms with van der Waals surface area (Å²) in [5, 5.41) is 2.35. The maximum atomic E-state index is 6.51. The molecule has 0 saturated heterocycles. The van der Waals surface area contributed by atoms with Crippen LogP contribution < -0.4 is 14.2 Å². The van der Waals surface area contributed by atoms with Crippen LogP contribution in [0.4, 0.5) is 0 Å². The lowest BCUT2D eigenvalue weighted by atomic mass is 9.97. The number of benzene rings is 4. The van der Waals surface area contributed by atoms with E-state index in [1.807, 2.05) is 49.4 Å². The van der Waals surface area contributed by atoms with Crippen LogP contribution in [0.2, 0.25) is 0 Å². The maximum absolute atomic E-state index is 6.51. The number of hydrogen-bond acceptors (Lipinski definition) is 4. The molecule has 0 unspecified atom stereocenters. The lowest BCUT2D eigenvalue weighted by molar-refractivity contribution is 0.340. The monoisotopic (exact) mass is 450 g/mol. The Hall–Kier alpha value is -4.18. The van der Waals surface area contributed by atoms with Gasteiger partial charge in [0.15, 0.2) is 11.5 Å². The second-order valence-corrected chi connectivity index (χ2v) is 7.94. The van der Waals surface area contributed by atoms with E-state index < -0.39 is 0 Å². The van der Waals surface area contributed by atoms with Gasteiger partial charge in [0.1, 0.15) is 17.3 Å². The van der Waals surface area contributed by atoms with Gasteiger partial charge in [-0.2, -0.15) is 0 Å². The third kappa shape index (κ3) is 4.11. The highest BCUT2D eigenvalue weighted by atomic mass is 16.5. The first-order chi connectivity index (χ1) is 16.7. The zero-order chi connectivity index (χ0) is 23.5. The lowest BCUT2D eigenvalue weighted by Gasteiger charge is -2.23. The summed E-state index contributed by atoms with van der Waals surface area (Å²) in [5.74, 6) is 3.68. The van der Waals surface area contributed by atoms with Crippen LogP contribution >= 0.6 is 0 Å². The van der Waals surface area contributed by atoms with Crippen molar-refractivity contribution in [2.45, 2.75) is 6.92 Å². The number of fused-ring (bicyclic) bond motifs is 2. The Morgan fingerprint density at radius 2 is 1.56 bits per heavy atom. The molecular formula is C30H26O4. The molecule has 4 heteroatoms. The van der Waals surface area contributed by atoms with Crippen LogP contribution in [0, 0.1) is 0 Å². The van der Waals surface area contributed by atoms with Gasteiger partial charge in [-0.25, -0.2) is 0 Å². The van der Waals surface area contributed by atoms with Crippen molar-refractivity contribution in [3.63, 3.8) is 0 Å². The average molecular weight is 451 g/mol. The van der Waals surface area contributed by atoms with Crippen molar-refractivity contribution in [2.24, 2.45) is 0 Å². The zero-order valence-corrected chi connectivity index (χ0v) is 19.5. The van der Waals surface area contributed by atoms with E-state index in [0.29, 0.717) is 18.1 Å². The maximum Gasteiger partial charge on any atom is 0.161 e. The van der Waals surface area contributed by atoms with Gasteiger partial charge < -0.3 is 18.9 Å². The molecule has 0 amide bonds. The molecule has 4 nitrogen and oxygen atoms in total. The van der Waals surface area contributed by atoms with E-state index in [0.717, 1.165) is 39.5 Å². The highest BCUT2D eigenvalue weighted by Gasteiger charge is 2.22. The summed E-state index contributed by atoms with van der Waals surface area (Å²) in [7, 11) is 3.29. The van der Waals surface area contributed by atoms with E-state index in [-0.39, 0.29) is 0 Å². The van der Waals surface area contributed by atoms with Gasteiger partial charge in [0.25, 0.3) is 0 Å². The van der Waals surface area contributed by atoms with Gasteiger partial charge in [0, 0.05) is 11.1 Å². The van der Waals surface area contributed by atoms with E-state index >= 15 is 0 Å². The van der Waals surface area contributed by atoms with E-state index in [4.69, 9.17) is 18.9 Å². The first-order valence-corrected chi connectivity index (χ1v) is 11.3. The standard InChI is InChI=1S/C30H26O4/c1-4-33-24-14-12-21(13-15-24)27-17-23-18-29(31-2)30(32-3)19-26(23)28(34-27)16-22-10-7-9-20-8-5-6-11-25(20)22/h5-19H,4H2,1-3H3/b28-16-. The molecule has 1 aliphatic rings. The number of methoxy groups -OCH3 is 2. The lowest BCUT2D eigenvalue weighted by Crippen LogP contribution is -2.04. The molecule has 0 spiro atoms. The summed E-state index contributed by atoms with van der Waals surface area (Å²) in [6.45, 7) is 2.61. The first-order valence-electron chi connectivity index (χ1n) is 11.3. The Bertz CT molecular complexity index is 1390. The van der Waals surface area contributed by atoms with Crippen molar-refractivity contribution < 1.29 is 18.9 Å². The summed E-state index contributed by atoms with van der Waals surface area (Å²) in [5.41, 5.74) is 3.99. The fourth-order valence-corrected chi connectivity index (χ4v) is 4.22. The van der Waals surface area contributed by atoms with Crippen molar-refractivity contribution in [1.82, 2.24) is 0 Å². The van der Waals surface area contributed by atoms with Gasteiger partial charge in [0.2, 0.25) is 0 Å². The van der Waals surface area contributed by atoms with E-state index in [9.17, 15) is 0 Å². The summed E-state index contributed by atoms with van der Waals surface area (Å²) in [4.78, 5) is 0. The van der Waals surface area contributed by atoms with Crippen molar-refractivity contribution in [1.29, 1.82) is 0 Å². The summed E-state index contributed by atoms with van der Waals surface area (Å²) in [6, 6.07) is 26.5. The average Bonchev–Trinajstić information content (AvgIpc) is 2.88. The Kier molecular flexibility index (Phi) is 5.96. The SMILES string of the molecule is CCOc1ccc(C2=Cc3cc(OC)c(OC)cc3/C(=C/c3cccc4ccccc34)O2)cc1. The minimum Gasteiger partial charge on any atom is -0.494 e. The van der Waals surface area contributed by atoms with Crippen molar-refractivity contribution in [2.75, 3.05) is 20.8 Å². The molecule has 0 atom stereocenters. The molecule has 0 radical (unpaired) electrons. The zero-order valence-electron chi connectivity index (χ0n) is 19.5. The fourth-order valence-electron chi connectivity index (χ4n) is 4.22. The Morgan fingerprint density at radius 3 is 2.32 bits per heavy atom. The van der Waals surface area contributed by atoms with Gasteiger partial charge in [-0.05, 0) is 77.4 Å². The van der Waals surface area contributed by atoms with E-state index in [2.05, 4.69) is 48.5 Å². The van der Waals surface area contributed by atoms with E-state index in [1.165, 1.54) is 10.8 Å². The van der Waals surface area contributed by atoms with Crippen LogP contribution in [0.3, 0.4) is 0 Å². The summed E-state index contributed by atoms with van der Waals surface area (Å²) in [6.07, 6.45) is 4.13. The third-order valence-corrected chi connectivity index (χ3v) is 5.89. The smallest absolute Gasteiger partial charge is 0.161 e. The molecule has 0 fully saturated rings. The molecule has 34 heavy (non-hydrogen) atoms. The second kappa shape index (κ2) is 9.36. The fraction of sp³-hybridized carbons (Fsp3) is 0.133. The number of rotatable bonds is 6. The largest absolute Gasteiger partial charge is 0.494 e. The van der Waals surface area contributed by atoms with Gasteiger partial charge in [0.05, 0.1) is 20.8 Å². The quantitative estimate of drug-likeness (QED) is 0.309. The molecule has 0 aromatic heterocycles. The minimum atomic E-state index is 0.630. The molecule has 0 N–H and O–H groups in total. The van der Waals surface area contributed by atoms with Crippen molar-refractivity contribution in [3.8, 4) is 17.2 Å². The molecule has 0 aliphatic carbocycles.